The normalized spacial score (nSPS) is 10.5. The predicted molar refractivity (Wildman–Crippen MR) is 106 cm³/mol. The molecule has 2 aromatic rings. The van der Waals surface area contributed by atoms with E-state index in [9.17, 15) is 9.59 Å². The average Bonchev–Trinajstić information content (AvgIpc) is 2.67. The van der Waals surface area contributed by atoms with Crippen LogP contribution in [0.25, 0.3) is 0 Å². The van der Waals surface area contributed by atoms with E-state index in [2.05, 4.69) is 19.2 Å². The molecule has 2 aromatic carbocycles. The molecule has 0 aliphatic heterocycles. The minimum Gasteiger partial charge on any atom is -0.495 e. The van der Waals surface area contributed by atoms with E-state index in [-0.39, 0.29) is 17.2 Å². The lowest BCUT2D eigenvalue weighted by atomic mass is 10.1. The molecule has 1 amide bonds. The highest BCUT2D eigenvalue weighted by molar-refractivity contribution is 6.05. The van der Waals surface area contributed by atoms with Crippen LogP contribution in [-0.4, -0.2) is 37.8 Å². The third-order valence-electron chi connectivity index (χ3n) is 4.08. The van der Waals surface area contributed by atoms with Crippen molar-refractivity contribution in [2.45, 2.75) is 20.3 Å². The number of rotatable bonds is 9. The minimum atomic E-state index is -1.08. The van der Waals surface area contributed by atoms with Crippen molar-refractivity contribution in [1.82, 2.24) is 0 Å². The molecular weight excluding hydrogens is 362 g/mol. The van der Waals surface area contributed by atoms with Crippen molar-refractivity contribution in [2.24, 2.45) is 5.92 Å². The van der Waals surface area contributed by atoms with E-state index in [0.29, 0.717) is 35.3 Å². The Kier molecular flexibility index (Phi) is 7.26. The maximum Gasteiger partial charge on any atom is 0.335 e. The number of benzene rings is 2. The molecule has 150 valence electrons. The zero-order chi connectivity index (χ0) is 20.7. The molecule has 7 heteroatoms. The number of hydrogen-bond acceptors (Lipinski definition) is 5. The van der Waals surface area contributed by atoms with Gasteiger partial charge >= 0.3 is 5.97 Å². The molecule has 0 saturated heterocycles. The van der Waals surface area contributed by atoms with Crippen LogP contribution in [0.1, 0.15) is 41.0 Å². The minimum absolute atomic E-state index is 0.0689. The van der Waals surface area contributed by atoms with Crippen molar-refractivity contribution in [3.8, 4) is 17.2 Å². The molecule has 7 nitrogen and oxygen atoms in total. The molecule has 2 N–H and O–H groups in total. The topological polar surface area (TPSA) is 94.1 Å². The van der Waals surface area contributed by atoms with Gasteiger partial charge in [0.1, 0.15) is 5.75 Å². The van der Waals surface area contributed by atoms with Crippen LogP contribution in [0.5, 0.6) is 17.2 Å². The summed E-state index contributed by atoms with van der Waals surface area (Å²) < 4.78 is 16.2. The number of anilines is 1. The van der Waals surface area contributed by atoms with Crippen LogP contribution in [0, 0.1) is 5.92 Å². The van der Waals surface area contributed by atoms with Gasteiger partial charge in [0.25, 0.3) is 5.91 Å². The predicted octanol–water partition coefficient (Wildman–Crippen LogP) is 4.08. The van der Waals surface area contributed by atoms with Gasteiger partial charge in [0.05, 0.1) is 32.1 Å². The Morgan fingerprint density at radius 3 is 2.21 bits per heavy atom. The van der Waals surface area contributed by atoms with Gasteiger partial charge in [-0.15, -0.1) is 0 Å². The molecule has 0 radical (unpaired) electrons. The Labute approximate surface area is 164 Å². The number of hydrogen-bond donors (Lipinski definition) is 2. The molecule has 0 aliphatic carbocycles. The molecule has 0 saturated carbocycles. The highest BCUT2D eigenvalue weighted by atomic mass is 16.5. The van der Waals surface area contributed by atoms with Gasteiger partial charge in [0.2, 0.25) is 0 Å². The monoisotopic (exact) mass is 387 g/mol. The van der Waals surface area contributed by atoms with E-state index in [4.69, 9.17) is 19.3 Å². The number of methoxy groups -OCH3 is 2. The van der Waals surface area contributed by atoms with Gasteiger partial charge in [0, 0.05) is 5.56 Å². The Morgan fingerprint density at radius 1 is 0.964 bits per heavy atom. The number of amides is 1. The highest BCUT2D eigenvalue weighted by Gasteiger charge is 2.15. The van der Waals surface area contributed by atoms with Crippen LogP contribution in [0.15, 0.2) is 36.4 Å². The second-order valence-electron chi connectivity index (χ2n) is 6.57. The maximum absolute atomic E-state index is 12.6. The van der Waals surface area contributed by atoms with Crippen LogP contribution in [0.2, 0.25) is 0 Å². The average molecular weight is 387 g/mol. The van der Waals surface area contributed by atoms with Crippen LogP contribution >= 0.6 is 0 Å². The summed E-state index contributed by atoms with van der Waals surface area (Å²) in [6.07, 6.45) is 0.914. The number of nitrogens with one attached hydrogen (secondary N) is 1. The summed E-state index contributed by atoms with van der Waals surface area (Å²) in [4.78, 5) is 23.7. The van der Waals surface area contributed by atoms with Gasteiger partial charge in [-0.05, 0) is 48.7 Å². The number of carbonyl (C=O) groups is 2. The Bertz CT molecular complexity index is 847. The summed E-state index contributed by atoms with van der Waals surface area (Å²) >= 11 is 0. The number of aromatic carboxylic acids is 1. The summed E-state index contributed by atoms with van der Waals surface area (Å²) in [5.41, 5.74) is 0.811. The molecule has 0 aliphatic rings. The highest BCUT2D eigenvalue weighted by Crippen LogP contribution is 2.30. The van der Waals surface area contributed by atoms with Crippen LogP contribution < -0.4 is 19.5 Å². The van der Waals surface area contributed by atoms with E-state index in [1.165, 1.54) is 32.4 Å². The van der Waals surface area contributed by atoms with Crippen molar-refractivity contribution in [2.75, 3.05) is 26.1 Å². The molecule has 0 heterocycles. The molecule has 0 fully saturated rings. The maximum atomic E-state index is 12.6. The SMILES string of the molecule is COc1cc(C(=O)O)ccc1NC(=O)c1ccc(OCCC(C)C)c(OC)c1. The summed E-state index contributed by atoms with van der Waals surface area (Å²) in [5, 5.41) is 11.8. The smallest absolute Gasteiger partial charge is 0.335 e. The molecule has 0 atom stereocenters. The van der Waals surface area contributed by atoms with Gasteiger partial charge in [-0.3, -0.25) is 4.79 Å². The Hall–Kier alpha value is -3.22. The fourth-order valence-corrected chi connectivity index (χ4v) is 2.45. The van der Waals surface area contributed by atoms with Crippen LogP contribution in [-0.2, 0) is 0 Å². The van der Waals surface area contributed by atoms with Crippen molar-refractivity contribution in [3.63, 3.8) is 0 Å². The lowest BCUT2D eigenvalue weighted by molar-refractivity contribution is 0.0696. The first-order chi connectivity index (χ1) is 13.3. The number of ether oxygens (including phenoxy) is 3. The van der Waals surface area contributed by atoms with Crippen LogP contribution in [0.3, 0.4) is 0 Å². The number of carboxylic acids is 1. The fourth-order valence-electron chi connectivity index (χ4n) is 2.45. The lowest BCUT2D eigenvalue weighted by Crippen LogP contribution is -2.13. The zero-order valence-corrected chi connectivity index (χ0v) is 16.4. The number of carboxylic acid groups (broad SMARTS) is 1. The zero-order valence-electron chi connectivity index (χ0n) is 16.4. The molecule has 2 rings (SSSR count). The summed E-state index contributed by atoms with van der Waals surface area (Å²) in [5.74, 6) is 0.363. The van der Waals surface area contributed by atoms with Crippen molar-refractivity contribution >= 4 is 17.6 Å². The second kappa shape index (κ2) is 9.64. The van der Waals surface area contributed by atoms with Crippen molar-refractivity contribution < 1.29 is 28.9 Å². The summed E-state index contributed by atoms with van der Waals surface area (Å²) in [6, 6.07) is 9.16. The molecular formula is C21H25NO6. The van der Waals surface area contributed by atoms with E-state index in [1.54, 1.807) is 18.2 Å². The standard InChI is InChI=1S/C21H25NO6/c1-13(2)9-10-28-17-8-6-14(11-19(17)27-4)20(23)22-16-7-5-15(21(24)25)12-18(16)26-3/h5-8,11-13H,9-10H2,1-4H3,(H,22,23)(H,24,25). The largest absolute Gasteiger partial charge is 0.495 e. The Morgan fingerprint density at radius 2 is 1.61 bits per heavy atom. The van der Waals surface area contributed by atoms with Gasteiger partial charge in [-0.2, -0.15) is 0 Å². The van der Waals surface area contributed by atoms with Gasteiger partial charge in [-0.25, -0.2) is 4.79 Å². The van der Waals surface area contributed by atoms with Gasteiger partial charge in [0.15, 0.2) is 11.5 Å². The second-order valence-corrected chi connectivity index (χ2v) is 6.57. The van der Waals surface area contributed by atoms with E-state index in [1.807, 2.05) is 0 Å². The lowest BCUT2D eigenvalue weighted by Gasteiger charge is -2.14. The van der Waals surface area contributed by atoms with E-state index in [0.717, 1.165) is 6.42 Å². The molecule has 0 unspecified atom stereocenters. The van der Waals surface area contributed by atoms with Crippen molar-refractivity contribution in [3.05, 3.63) is 47.5 Å². The summed E-state index contributed by atoms with van der Waals surface area (Å²) in [6.45, 7) is 4.79. The first kappa shape index (κ1) is 21.1. The third-order valence-corrected chi connectivity index (χ3v) is 4.08. The third kappa shape index (κ3) is 5.39. The van der Waals surface area contributed by atoms with Crippen molar-refractivity contribution in [1.29, 1.82) is 0 Å². The van der Waals surface area contributed by atoms with Gasteiger partial charge < -0.3 is 24.6 Å². The summed E-state index contributed by atoms with van der Waals surface area (Å²) in [7, 11) is 2.92. The first-order valence-electron chi connectivity index (χ1n) is 8.89. The van der Waals surface area contributed by atoms with E-state index < -0.39 is 5.97 Å². The molecule has 0 aromatic heterocycles. The Balaban J connectivity index is 2.17. The first-order valence-corrected chi connectivity index (χ1v) is 8.89. The molecule has 0 spiro atoms. The molecule has 28 heavy (non-hydrogen) atoms. The quantitative estimate of drug-likeness (QED) is 0.673. The van der Waals surface area contributed by atoms with E-state index >= 15 is 0 Å². The molecule has 0 bridgehead atoms. The van der Waals surface area contributed by atoms with Crippen LogP contribution in [0.4, 0.5) is 5.69 Å². The van der Waals surface area contributed by atoms with Gasteiger partial charge in [-0.1, -0.05) is 13.8 Å². The fraction of sp³-hybridized carbons (Fsp3) is 0.333. The number of carbonyl (C=O) groups excluding carboxylic acids is 1.